The second-order valence-electron chi connectivity index (χ2n) is 3.68. The normalized spacial score (nSPS) is 18.9. The maximum absolute atomic E-state index is 10.9. The van der Waals surface area contributed by atoms with Gasteiger partial charge in [-0.15, -0.1) is 0 Å². The van der Waals surface area contributed by atoms with Crippen LogP contribution in [0.15, 0.2) is 12.1 Å². The third-order valence-electron chi connectivity index (χ3n) is 2.54. The Balaban J connectivity index is 2.59. The molecule has 3 heteroatoms. The molecule has 0 amide bonds. The van der Waals surface area contributed by atoms with Crippen molar-refractivity contribution in [3.05, 3.63) is 28.8 Å². The molecule has 3 nitrogen and oxygen atoms in total. The van der Waals surface area contributed by atoms with Crippen LogP contribution in [0.4, 0.5) is 0 Å². The van der Waals surface area contributed by atoms with Crippen LogP contribution in [-0.4, -0.2) is 17.2 Å². The zero-order valence-corrected chi connectivity index (χ0v) is 8.20. The standard InChI is InChI=1S/C11H12O3/c1-6-3-4-8(11(12)13)10-9(6)5-7(2)14-10/h3-4,7H,5H2,1-2H3,(H,12,13)/t7-/m0/s1. The summed E-state index contributed by atoms with van der Waals surface area (Å²) in [7, 11) is 0. The van der Waals surface area contributed by atoms with Gasteiger partial charge in [-0.25, -0.2) is 4.79 Å². The largest absolute Gasteiger partial charge is 0.489 e. The second-order valence-corrected chi connectivity index (χ2v) is 3.68. The van der Waals surface area contributed by atoms with Gasteiger partial charge in [-0.2, -0.15) is 0 Å². The van der Waals surface area contributed by atoms with E-state index in [0.717, 1.165) is 17.5 Å². The van der Waals surface area contributed by atoms with E-state index in [1.165, 1.54) is 0 Å². The highest BCUT2D eigenvalue weighted by molar-refractivity contribution is 5.92. The van der Waals surface area contributed by atoms with Crippen molar-refractivity contribution in [2.24, 2.45) is 0 Å². The summed E-state index contributed by atoms with van der Waals surface area (Å²) in [4.78, 5) is 10.9. The summed E-state index contributed by atoms with van der Waals surface area (Å²) in [6, 6.07) is 3.44. The number of benzene rings is 1. The van der Waals surface area contributed by atoms with Gasteiger partial charge in [0, 0.05) is 12.0 Å². The van der Waals surface area contributed by atoms with Gasteiger partial charge in [0.15, 0.2) is 0 Å². The summed E-state index contributed by atoms with van der Waals surface area (Å²) < 4.78 is 5.50. The minimum absolute atomic E-state index is 0.0872. The Bertz CT molecular complexity index is 396. The molecule has 1 atom stereocenters. The minimum atomic E-state index is -0.921. The molecule has 0 aromatic heterocycles. The molecule has 1 aromatic rings. The molecular weight excluding hydrogens is 180 g/mol. The summed E-state index contributed by atoms with van der Waals surface area (Å²) in [5, 5.41) is 8.95. The first-order valence-electron chi connectivity index (χ1n) is 4.62. The van der Waals surface area contributed by atoms with E-state index in [2.05, 4.69) is 0 Å². The summed E-state index contributed by atoms with van der Waals surface area (Å²) in [5.41, 5.74) is 2.42. The molecule has 74 valence electrons. The van der Waals surface area contributed by atoms with Gasteiger partial charge in [-0.3, -0.25) is 0 Å². The molecule has 2 rings (SSSR count). The van der Waals surface area contributed by atoms with E-state index in [4.69, 9.17) is 9.84 Å². The zero-order valence-electron chi connectivity index (χ0n) is 8.20. The summed E-state index contributed by atoms with van der Waals surface area (Å²) in [5.74, 6) is -0.361. The Morgan fingerprint density at radius 3 is 2.93 bits per heavy atom. The van der Waals surface area contributed by atoms with E-state index >= 15 is 0 Å². The molecular formula is C11H12O3. The first-order chi connectivity index (χ1) is 6.59. The molecule has 0 radical (unpaired) electrons. The Morgan fingerprint density at radius 1 is 1.57 bits per heavy atom. The molecule has 1 N–H and O–H groups in total. The van der Waals surface area contributed by atoms with Crippen molar-refractivity contribution in [2.75, 3.05) is 0 Å². The molecule has 1 aliphatic rings. The number of aryl methyl sites for hydroxylation is 1. The topological polar surface area (TPSA) is 46.5 Å². The molecule has 14 heavy (non-hydrogen) atoms. The Labute approximate surface area is 82.3 Å². The van der Waals surface area contributed by atoms with Crippen LogP contribution in [0, 0.1) is 6.92 Å². The molecule has 0 saturated heterocycles. The Kier molecular flexibility index (Phi) is 1.95. The van der Waals surface area contributed by atoms with Crippen LogP contribution in [-0.2, 0) is 6.42 Å². The predicted molar refractivity (Wildman–Crippen MR) is 51.9 cm³/mol. The lowest BCUT2D eigenvalue weighted by molar-refractivity contribution is 0.0692. The van der Waals surface area contributed by atoms with E-state index in [0.29, 0.717) is 5.75 Å². The number of hydrogen-bond donors (Lipinski definition) is 1. The fourth-order valence-corrected chi connectivity index (χ4v) is 1.81. The molecule has 0 saturated carbocycles. The van der Waals surface area contributed by atoms with Crippen LogP contribution in [0.3, 0.4) is 0 Å². The van der Waals surface area contributed by atoms with Crippen LogP contribution in [0.25, 0.3) is 0 Å². The van der Waals surface area contributed by atoms with Gasteiger partial charge < -0.3 is 9.84 Å². The Morgan fingerprint density at radius 2 is 2.29 bits per heavy atom. The van der Waals surface area contributed by atoms with Crippen molar-refractivity contribution in [1.82, 2.24) is 0 Å². The molecule has 1 heterocycles. The van der Waals surface area contributed by atoms with Gasteiger partial charge in [0.05, 0.1) is 0 Å². The minimum Gasteiger partial charge on any atom is -0.489 e. The number of carboxylic acid groups (broad SMARTS) is 1. The quantitative estimate of drug-likeness (QED) is 0.740. The lowest BCUT2D eigenvalue weighted by Gasteiger charge is -2.06. The SMILES string of the molecule is Cc1ccc(C(=O)O)c2c1C[C@H](C)O2. The van der Waals surface area contributed by atoms with Crippen LogP contribution < -0.4 is 4.74 Å². The maximum Gasteiger partial charge on any atom is 0.339 e. The van der Waals surface area contributed by atoms with E-state index in [1.54, 1.807) is 6.07 Å². The first kappa shape index (κ1) is 9.06. The van der Waals surface area contributed by atoms with E-state index in [9.17, 15) is 4.79 Å². The third kappa shape index (κ3) is 1.25. The van der Waals surface area contributed by atoms with Gasteiger partial charge >= 0.3 is 5.97 Å². The maximum atomic E-state index is 10.9. The van der Waals surface area contributed by atoms with Crippen molar-refractivity contribution in [1.29, 1.82) is 0 Å². The number of hydrogen-bond acceptors (Lipinski definition) is 2. The van der Waals surface area contributed by atoms with E-state index in [-0.39, 0.29) is 11.7 Å². The highest BCUT2D eigenvalue weighted by Crippen LogP contribution is 2.34. The number of carbonyl (C=O) groups is 1. The van der Waals surface area contributed by atoms with E-state index in [1.807, 2.05) is 19.9 Å². The number of aromatic carboxylic acids is 1. The van der Waals surface area contributed by atoms with Gasteiger partial charge in [-0.05, 0) is 25.5 Å². The number of rotatable bonds is 1. The van der Waals surface area contributed by atoms with Crippen LogP contribution in [0.5, 0.6) is 5.75 Å². The van der Waals surface area contributed by atoms with Gasteiger partial charge in [-0.1, -0.05) is 6.07 Å². The van der Waals surface area contributed by atoms with E-state index < -0.39 is 5.97 Å². The number of ether oxygens (including phenoxy) is 1. The molecule has 1 aliphatic heterocycles. The zero-order chi connectivity index (χ0) is 10.3. The molecule has 1 aromatic carbocycles. The smallest absolute Gasteiger partial charge is 0.339 e. The fourth-order valence-electron chi connectivity index (χ4n) is 1.81. The average molecular weight is 192 g/mol. The van der Waals surface area contributed by atoms with Gasteiger partial charge in [0.25, 0.3) is 0 Å². The highest BCUT2D eigenvalue weighted by Gasteiger charge is 2.26. The number of fused-ring (bicyclic) bond motifs is 1. The average Bonchev–Trinajstić information content (AvgIpc) is 2.47. The summed E-state index contributed by atoms with van der Waals surface area (Å²) in [6.45, 7) is 3.93. The predicted octanol–water partition coefficient (Wildman–Crippen LogP) is 2.02. The van der Waals surface area contributed by atoms with Crippen LogP contribution in [0.2, 0.25) is 0 Å². The van der Waals surface area contributed by atoms with Crippen molar-refractivity contribution in [3.8, 4) is 5.75 Å². The molecule has 0 fully saturated rings. The van der Waals surface area contributed by atoms with Crippen molar-refractivity contribution in [2.45, 2.75) is 26.4 Å². The first-order valence-corrected chi connectivity index (χ1v) is 4.62. The van der Waals surface area contributed by atoms with Gasteiger partial charge in [0.1, 0.15) is 17.4 Å². The highest BCUT2D eigenvalue weighted by atomic mass is 16.5. The lowest BCUT2D eigenvalue weighted by atomic mass is 10.0. The Hall–Kier alpha value is -1.51. The molecule has 0 bridgehead atoms. The molecule has 0 spiro atoms. The van der Waals surface area contributed by atoms with Crippen molar-refractivity contribution >= 4 is 5.97 Å². The van der Waals surface area contributed by atoms with Crippen LogP contribution >= 0.6 is 0 Å². The van der Waals surface area contributed by atoms with Gasteiger partial charge in [0.2, 0.25) is 0 Å². The second kappa shape index (κ2) is 3.01. The van der Waals surface area contributed by atoms with Crippen molar-refractivity contribution in [3.63, 3.8) is 0 Å². The third-order valence-corrected chi connectivity index (χ3v) is 2.54. The summed E-state index contributed by atoms with van der Waals surface area (Å²) >= 11 is 0. The molecule has 0 unspecified atom stereocenters. The fraction of sp³-hybridized carbons (Fsp3) is 0.364. The summed E-state index contributed by atoms with van der Waals surface area (Å²) in [6.07, 6.45) is 0.895. The number of carboxylic acids is 1. The lowest BCUT2D eigenvalue weighted by Crippen LogP contribution is -2.07. The monoisotopic (exact) mass is 192 g/mol. The van der Waals surface area contributed by atoms with Crippen LogP contribution in [0.1, 0.15) is 28.4 Å². The van der Waals surface area contributed by atoms with Crippen molar-refractivity contribution < 1.29 is 14.6 Å². The molecule has 0 aliphatic carbocycles.